The van der Waals surface area contributed by atoms with Crippen LogP contribution >= 0.6 is 0 Å². The summed E-state index contributed by atoms with van der Waals surface area (Å²) in [4.78, 5) is 23.5. The average Bonchev–Trinajstić information content (AvgIpc) is 3.28. The van der Waals surface area contributed by atoms with Crippen LogP contribution < -0.4 is 5.32 Å². The van der Waals surface area contributed by atoms with Crippen LogP contribution in [0.5, 0.6) is 0 Å². The van der Waals surface area contributed by atoms with Gasteiger partial charge in [0.25, 0.3) is 5.91 Å². The van der Waals surface area contributed by atoms with Gasteiger partial charge in [-0.3, -0.25) is 4.79 Å². The van der Waals surface area contributed by atoms with Crippen LogP contribution in [0.2, 0.25) is 0 Å². The molecule has 1 amide bonds. The van der Waals surface area contributed by atoms with Crippen molar-refractivity contribution in [1.82, 2.24) is 5.32 Å². The van der Waals surface area contributed by atoms with E-state index in [9.17, 15) is 14.7 Å². The highest BCUT2D eigenvalue weighted by molar-refractivity contribution is 6.00. The SMILES string of the molecule is O=C(O)c1cccc(C(=O)NCC2CC2)c1C1CC1. The van der Waals surface area contributed by atoms with E-state index in [0.717, 1.165) is 18.4 Å². The zero-order valence-corrected chi connectivity index (χ0v) is 10.7. The summed E-state index contributed by atoms with van der Waals surface area (Å²) in [6.45, 7) is 0.709. The molecule has 3 rings (SSSR count). The molecule has 2 saturated carbocycles. The highest BCUT2D eigenvalue weighted by atomic mass is 16.4. The fraction of sp³-hybridized carbons (Fsp3) is 0.467. The molecule has 19 heavy (non-hydrogen) atoms. The Kier molecular flexibility index (Phi) is 3.01. The molecule has 1 aromatic carbocycles. The van der Waals surface area contributed by atoms with Gasteiger partial charge in [0.2, 0.25) is 0 Å². The molecule has 4 heteroatoms. The lowest BCUT2D eigenvalue weighted by molar-refractivity contribution is 0.0695. The second-order valence-electron chi connectivity index (χ2n) is 5.50. The number of carboxylic acids is 1. The van der Waals surface area contributed by atoms with E-state index in [1.807, 2.05) is 0 Å². The van der Waals surface area contributed by atoms with Gasteiger partial charge >= 0.3 is 5.97 Å². The first-order valence-corrected chi connectivity index (χ1v) is 6.81. The Morgan fingerprint density at radius 1 is 1.16 bits per heavy atom. The number of hydrogen-bond donors (Lipinski definition) is 2. The van der Waals surface area contributed by atoms with Gasteiger partial charge in [-0.15, -0.1) is 0 Å². The van der Waals surface area contributed by atoms with Crippen molar-refractivity contribution in [2.75, 3.05) is 6.54 Å². The lowest BCUT2D eigenvalue weighted by Crippen LogP contribution is -2.27. The van der Waals surface area contributed by atoms with E-state index in [4.69, 9.17) is 0 Å². The summed E-state index contributed by atoms with van der Waals surface area (Å²) in [5.41, 5.74) is 1.55. The molecule has 4 nitrogen and oxygen atoms in total. The van der Waals surface area contributed by atoms with Crippen molar-refractivity contribution in [3.8, 4) is 0 Å². The number of carboxylic acid groups (broad SMARTS) is 1. The van der Waals surface area contributed by atoms with Crippen molar-refractivity contribution in [2.45, 2.75) is 31.6 Å². The van der Waals surface area contributed by atoms with Crippen LogP contribution in [0.3, 0.4) is 0 Å². The van der Waals surface area contributed by atoms with Crippen molar-refractivity contribution < 1.29 is 14.7 Å². The zero-order chi connectivity index (χ0) is 13.4. The van der Waals surface area contributed by atoms with Crippen LogP contribution in [0, 0.1) is 5.92 Å². The third kappa shape index (κ3) is 2.62. The predicted molar refractivity (Wildman–Crippen MR) is 70.4 cm³/mol. The van der Waals surface area contributed by atoms with Gasteiger partial charge in [-0.2, -0.15) is 0 Å². The Balaban J connectivity index is 1.87. The normalized spacial score (nSPS) is 18.1. The van der Waals surface area contributed by atoms with Crippen LogP contribution in [0.4, 0.5) is 0 Å². The largest absolute Gasteiger partial charge is 0.478 e. The van der Waals surface area contributed by atoms with Gasteiger partial charge in [0, 0.05) is 12.1 Å². The number of rotatable bonds is 5. The molecule has 0 radical (unpaired) electrons. The Labute approximate surface area is 111 Å². The van der Waals surface area contributed by atoms with Gasteiger partial charge in [0.05, 0.1) is 5.56 Å². The molecule has 0 unspecified atom stereocenters. The zero-order valence-electron chi connectivity index (χ0n) is 10.7. The predicted octanol–water partition coefficient (Wildman–Crippen LogP) is 2.40. The summed E-state index contributed by atoms with van der Waals surface area (Å²) in [5.74, 6) is -0.208. The number of carbonyl (C=O) groups is 2. The second-order valence-corrected chi connectivity index (χ2v) is 5.50. The summed E-state index contributed by atoms with van der Waals surface area (Å²) in [5, 5.41) is 12.2. The van der Waals surface area contributed by atoms with E-state index in [2.05, 4.69) is 5.32 Å². The molecule has 1 aromatic rings. The third-order valence-corrected chi connectivity index (χ3v) is 3.81. The summed E-state index contributed by atoms with van der Waals surface area (Å²) in [7, 11) is 0. The summed E-state index contributed by atoms with van der Waals surface area (Å²) in [6, 6.07) is 4.98. The summed E-state index contributed by atoms with van der Waals surface area (Å²) in [6.07, 6.45) is 4.33. The Morgan fingerprint density at radius 3 is 2.42 bits per heavy atom. The van der Waals surface area contributed by atoms with E-state index in [1.54, 1.807) is 18.2 Å². The van der Waals surface area contributed by atoms with E-state index in [-0.39, 0.29) is 17.4 Å². The maximum absolute atomic E-state index is 12.2. The van der Waals surface area contributed by atoms with Crippen LogP contribution in [-0.4, -0.2) is 23.5 Å². The number of aromatic carboxylic acids is 1. The van der Waals surface area contributed by atoms with Crippen molar-refractivity contribution in [3.63, 3.8) is 0 Å². The molecular formula is C15H17NO3. The Bertz CT molecular complexity index is 530. The molecule has 0 aromatic heterocycles. The lowest BCUT2D eigenvalue weighted by Gasteiger charge is -2.12. The summed E-state index contributed by atoms with van der Waals surface area (Å²) < 4.78 is 0. The molecule has 2 aliphatic carbocycles. The van der Waals surface area contributed by atoms with Crippen molar-refractivity contribution in [2.24, 2.45) is 5.92 Å². The fourth-order valence-electron chi connectivity index (χ4n) is 2.42. The highest BCUT2D eigenvalue weighted by Gasteiger charge is 2.32. The van der Waals surface area contributed by atoms with Gasteiger partial charge in [0.15, 0.2) is 0 Å². The van der Waals surface area contributed by atoms with Crippen molar-refractivity contribution in [3.05, 3.63) is 34.9 Å². The first-order valence-electron chi connectivity index (χ1n) is 6.81. The van der Waals surface area contributed by atoms with E-state index >= 15 is 0 Å². The molecular weight excluding hydrogens is 242 g/mol. The molecule has 0 atom stereocenters. The van der Waals surface area contributed by atoms with Crippen molar-refractivity contribution in [1.29, 1.82) is 0 Å². The van der Waals surface area contributed by atoms with Gasteiger partial charge in [0.1, 0.15) is 0 Å². The first-order chi connectivity index (χ1) is 9.16. The minimum absolute atomic E-state index is 0.128. The van der Waals surface area contributed by atoms with Crippen LogP contribution in [0.25, 0.3) is 0 Å². The minimum atomic E-state index is -0.946. The van der Waals surface area contributed by atoms with Gasteiger partial charge in [-0.1, -0.05) is 6.07 Å². The second kappa shape index (κ2) is 4.68. The number of nitrogens with one attached hydrogen (secondary N) is 1. The maximum Gasteiger partial charge on any atom is 0.335 e. The lowest BCUT2D eigenvalue weighted by atomic mass is 9.96. The third-order valence-electron chi connectivity index (χ3n) is 3.81. The smallest absolute Gasteiger partial charge is 0.335 e. The fourth-order valence-corrected chi connectivity index (χ4v) is 2.42. The number of amides is 1. The number of benzene rings is 1. The molecule has 2 N–H and O–H groups in total. The number of carbonyl (C=O) groups excluding carboxylic acids is 1. The summed E-state index contributed by atoms with van der Waals surface area (Å²) >= 11 is 0. The highest BCUT2D eigenvalue weighted by Crippen LogP contribution is 2.43. The molecule has 100 valence electrons. The van der Waals surface area contributed by atoms with Crippen LogP contribution in [0.1, 0.15) is 57.9 Å². The van der Waals surface area contributed by atoms with Crippen LogP contribution in [0.15, 0.2) is 18.2 Å². The molecule has 0 bridgehead atoms. The molecule has 2 aliphatic rings. The molecule has 2 fully saturated rings. The average molecular weight is 259 g/mol. The molecule has 0 spiro atoms. The Morgan fingerprint density at radius 2 is 1.84 bits per heavy atom. The van der Waals surface area contributed by atoms with E-state index in [1.165, 1.54) is 12.8 Å². The minimum Gasteiger partial charge on any atom is -0.478 e. The monoisotopic (exact) mass is 259 g/mol. The quantitative estimate of drug-likeness (QED) is 0.853. The molecule has 0 heterocycles. The number of hydrogen-bond acceptors (Lipinski definition) is 2. The maximum atomic E-state index is 12.2. The first kappa shape index (κ1) is 12.2. The van der Waals surface area contributed by atoms with E-state index in [0.29, 0.717) is 18.0 Å². The molecule has 0 saturated heterocycles. The Hall–Kier alpha value is -1.84. The van der Waals surface area contributed by atoms with Gasteiger partial charge in [-0.05, 0) is 55.2 Å². The van der Waals surface area contributed by atoms with Gasteiger partial charge < -0.3 is 10.4 Å². The van der Waals surface area contributed by atoms with E-state index < -0.39 is 5.97 Å². The molecule has 0 aliphatic heterocycles. The van der Waals surface area contributed by atoms with Gasteiger partial charge in [-0.25, -0.2) is 4.79 Å². The standard InChI is InChI=1S/C15H17NO3/c17-14(16-8-9-4-5-9)11-2-1-3-12(15(18)19)13(11)10-6-7-10/h1-3,9-10H,4-8H2,(H,16,17)(H,18,19). The van der Waals surface area contributed by atoms with Crippen LogP contribution in [-0.2, 0) is 0 Å². The van der Waals surface area contributed by atoms with Crippen molar-refractivity contribution >= 4 is 11.9 Å². The topological polar surface area (TPSA) is 66.4 Å².